The number of carbonyl (C=O) groups excluding carboxylic acids is 1. The number of thiazole rings is 1. The van der Waals surface area contributed by atoms with Crippen molar-refractivity contribution in [1.29, 1.82) is 0 Å². The number of nitrogens with one attached hydrogen (secondary N) is 1. The fourth-order valence-corrected chi connectivity index (χ4v) is 4.56. The Labute approximate surface area is 153 Å². The Balaban J connectivity index is 1.83. The minimum atomic E-state index is -3.70. The van der Waals surface area contributed by atoms with Crippen molar-refractivity contribution in [1.82, 2.24) is 9.29 Å². The summed E-state index contributed by atoms with van der Waals surface area (Å²) < 4.78 is 29.1. The Morgan fingerprint density at radius 3 is 2.72 bits per heavy atom. The lowest BCUT2D eigenvalue weighted by Crippen LogP contribution is -2.23. The summed E-state index contributed by atoms with van der Waals surface area (Å²) in [5.74, 6) is -0.478. The average molecular weight is 394 g/mol. The first kappa shape index (κ1) is 17.7. The molecule has 0 saturated heterocycles. The Morgan fingerprint density at radius 2 is 2.04 bits per heavy atom. The van der Waals surface area contributed by atoms with Crippen LogP contribution in [0.15, 0.2) is 63.2 Å². The van der Waals surface area contributed by atoms with Gasteiger partial charge in [0.05, 0.1) is 4.90 Å². The highest BCUT2D eigenvalue weighted by molar-refractivity contribution is 7.89. The number of amides is 1. The number of benzene rings is 1. The van der Waals surface area contributed by atoms with Crippen LogP contribution in [0.1, 0.15) is 15.2 Å². The van der Waals surface area contributed by atoms with Crippen molar-refractivity contribution >= 4 is 38.6 Å². The summed E-state index contributed by atoms with van der Waals surface area (Å²) in [6.45, 7) is 0.216. The molecule has 130 valence electrons. The first-order valence-corrected chi connectivity index (χ1v) is 10.5. The number of thiophene rings is 1. The fraction of sp³-hybridized carbons (Fsp3) is 0.125. The summed E-state index contributed by atoms with van der Waals surface area (Å²) in [7, 11) is -1.91. The maximum atomic E-state index is 12.4. The molecule has 1 aromatic carbocycles. The molecule has 0 atom stereocenters. The van der Waals surface area contributed by atoms with Crippen molar-refractivity contribution in [2.45, 2.75) is 11.4 Å². The minimum absolute atomic E-state index is 0.0423. The predicted octanol–water partition coefficient (Wildman–Crippen LogP) is 2.37. The minimum Gasteiger partial charge on any atom is -0.327 e. The number of nitrogens with zero attached hydrogens (tertiary/aromatic N) is 2. The van der Waals surface area contributed by atoms with Crippen molar-refractivity contribution < 1.29 is 13.2 Å². The molecular weight excluding hydrogens is 378 g/mol. The molecule has 0 saturated carbocycles. The van der Waals surface area contributed by atoms with Crippen LogP contribution in [0, 0.1) is 0 Å². The fourth-order valence-electron chi connectivity index (χ4n) is 2.05. The Bertz CT molecular complexity index is 1050. The molecule has 1 N–H and O–H groups in total. The van der Waals surface area contributed by atoms with Crippen molar-refractivity contribution in [2.24, 2.45) is 12.0 Å². The maximum absolute atomic E-state index is 12.4. The molecule has 0 spiro atoms. The summed E-state index contributed by atoms with van der Waals surface area (Å²) in [6, 6.07) is 9.61. The molecule has 0 bridgehead atoms. The van der Waals surface area contributed by atoms with Gasteiger partial charge in [-0.25, -0.2) is 13.1 Å². The van der Waals surface area contributed by atoms with Crippen LogP contribution in [0.5, 0.6) is 0 Å². The van der Waals surface area contributed by atoms with Gasteiger partial charge in [-0.2, -0.15) is 4.99 Å². The van der Waals surface area contributed by atoms with Crippen LogP contribution in [0.2, 0.25) is 0 Å². The van der Waals surface area contributed by atoms with E-state index in [2.05, 4.69) is 9.71 Å². The molecule has 3 rings (SSSR count). The van der Waals surface area contributed by atoms with Gasteiger partial charge in [-0.05, 0) is 29.6 Å². The quantitative estimate of drug-likeness (QED) is 0.723. The van der Waals surface area contributed by atoms with E-state index in [4.69, 9.17) is 0 Å². The third-order valence-corrected chi connectivity index (χ3v) is 6.49. The lowest BCUT2D eigenvalue weighted by molar-refractivity contribution is 0.0997. The van der Waals surface area contributed by atoms with E-state index in [1.807, 2.05) is 22.9 Å². The van der Waals surface area contributed by atoms with Crippen molar-refractivity contribution in [2.75, 3.05) is 0 Å². The van der Waals surface area contributed by atoms with Crippen LogP contribution in [-0.2, 0) is 23.6 Å². The summed E-state index contributed by atoms with van der Waals surface area (Å²) >= 11 is 2.81. The van der Waals surface area contributed by atoms with Gasteiger partial charge in [-0.3, -0.25) is 4.79 Å². The van der Waals surface area contributed by atoms with Crippen molar-refractivity contribution in [3.05, 3.63) is 68.6 Å². The molecule has 3 aromatic rings. The van der Waals surface area contributed by atoms with Gasteiger partial charge < -0.3 is 4.57 Å². The highest BCUT2D eigenvalue weighted by atomic mass is 32.2. The molecule has 2 heterocycles. The number of hydrogen-bond donors (Lipinski definition) is 1. The van der Waals surface area contributed by atoms with Crippen LogP contribution in [0.25, 0.3) is 0 Å². The number of sulfonamides is 1. The van der Waals surface area contributed by atoms with E-state index in [0.717, 1.165) is 4.88 Å². The van der Waals surface area contributed by atoms with Gasteiger partial charge >= 0.3 is 0 Å². The molecule has 25 heavy (non-hydrogen) atoms. The summed E-state index contributed by atoms with van der Waals surface area (Å²) in [6.07, 6.45) is 1.80. The van der Waals surface area contributed by atoms with Crippen LogP contribution in [-0.4, -0.2) is 18.9 Å². The standard InChI is InChI=1S/C16H15N3O3S3/c1-19-7-9-24-16(19)18-15(20)12-4-2-6-14(10-12)25(21,22)17-11-13-5-3-8-23-13/h2-10,17H,11H2,1H3. The molecule has 2 aromatic heterocycles. The second-order valence-electron chi connectivity index (χ2n) is 5.15. The zero-order valence-corrected chi connectivity index (χ0v) is 15.7. The molecule has 0 unspecified atom stereocenters. The van der Waals surface area contributed by atoms with E-state index < -0.39 is 15.9 Å². The van der Waals surface area contributed by atoms with Gasteiger partial charge in [0.15, 0.2) is 4.80 Å². The third-order valence-electron chi connectivity index (χ3n) is 3.36. The number of aryl methyl sites for hydroxylation is 1. The lowest BCUT2D eigenvalue weighted by Gasteiger charge is -2.06. The Kier molecular flexibility index (Phi) is 5.28. The van der Waals surface area contributed by atoms with Gasteiger partial charge in [0.2, 0.25) is 10.0 Å². The molecule has 6 nitrogen and oxygen atoms in total. The van der Waals surface area contributed by atoms with E-state index in [-0.39, 0.29) is 17.0 Å². The van der Waals surface area contributed by atoms with Crippen molar-refractivity contribution in [3.63, 3.8) is 0 Å². The van der Waals surface area contributed by atoms with Gasteiger partial charge in [0, 0.05) is 35.6 Å². The molecular formula is C16H15N3O3S3. The topological polar surface area (TPSA) is 80.5 Å². The molecule has 0 aliphatic heterocycles. The summed E-state index contributed by atoms with van der Waals surface area (Å²) in [4.78, 5) is 17.8. The molecule has 0 aliphatic rings. The van der Waals surface area contributed by atoms with Crippen LogP contribution in [0.3, 0.4) is 0 Å². The predicted molar refractivity (Wildman–Crippen MR) is 98.0 cm³/mol. The zero-order chi connectivity index (χ0) is 17.9. The van der Waals surface area contributed by atoms with E-state index in [1.165, 1.54) is 40.9 Å². The Hall–Kier alpha value is -2.07. The summed E-state index contributed by atoms with van der Waals surface area (Å²) in [5, 5.41) is 3.70. The average Bonchev–Trinajstić information content (AvgIpc) is 3.25. The number of hydrogen-bond acceptors (Lipinski definition) is 5. The normalized spacial score (nSPS) is 12.4. The molecule has 9 heteroatoms. The van der Waals surface area contributed by atoms with E-state index in [1.54, 1.807) is 23.9 Å². The number of carbonyl (C=O) groups is 1. The van der Waals surface area contributed by atoms with Crippen molar-refractivity contribution in [3.8, 4) is 0 Å². The van der Waals surface area contributed by atoms with E-state index in [0.29, 0.717) is 4.80 Å². The highest BCUT2D eigenvalue weighted by Gasteiger charge is 2.16. The van der Waals surface area contributed by atoms with Crippen LogP contribution >= 0.6 is 22.7 Å². The van der Waals surface area contributed by atoms with Gasteiger partial charge in [0.1, 0.15) is 0 Å². The second-order valence-corrected chi connectivity index (χ2v) is 8.82. The highest BCUT2D eigenvalue weighted by Crippen LogP contribution is 2.14. The molecule has 0 radical (unpaired) electrons. The summed E-state index contributed by atoms with van der Waals surface area (Å²) in [5.41, 5.74) is 0.229. The second kappa shape index (κ2) is 7.44. The largest absolute Gasteiger partial charge is 0.327 e. The van der Waals surface area contributed by atoms with Gasteiger partial charge in [-0.1, -0.05) is 12.1 Å². The molecule has 0 aliphatic carbocycles. The maximum Gasteiger partial charge on any atom is 0.279 e. The first-order chi connectivity index (χ1) is 12.0. The lowest BCUT2D eigenvalue weighted by atomic mass is 10.2. The smallest absolute Gasteiger partial charge is 0.279 e. The molecule has 1 amide bonds. The van der Waals surface area contributed by atoms with E-state index in [9.17, 15) is 13.2 Å². The third kappa shape index (κ3) is 4.31. The molecule has 0 fully saturated rings. The van der Waals surface area contributed by atoms with Crippen LogP contribution < -0.4 is 9.52 Å². The van der Waals surface area contributed by atoms with Gasteiger partial charge in [-0.15, -0.1) is 22.7 Å². The number of rotatable bonds is 5. The first-order valence-electron chi connectivity index (χ1n) is 7.27. The van der Waals surface area contributed by atoms with E-state index >= 15 is 0 Å². The Morgan fingerprint density at radius 1 is 1.20 bits per heavy atom. The number of aromatic nitrogens is 1. The monoisotopic (exact) mass is 393 g/mol. The SMILES string of the molecule is Cn1ccsc1=NC(=O)c1cccc(S(=O)(=O)NCc2cccs2)c1. The zero-order valence-electron chi connectivity index (χ0n) is 13.2. The van der Waals surface area contributed by atoms with Crippen LogP contribution in [0.4, 0.5) is 0 Å². The van der Waals surface area contributed by atoms with Gasteiger partial charge in [0.25, 0.3) is 5.91 Å².